The molecule has 8 nitrogen and oxygen atoms in total. The van der Waals surface area contributed by atoms with Gasteiger partial charge in [0.25, 0.3) is 0 Å². The number of rotatable bonds is 6. The van der Waals surface area contributed by atoms with Crippen LogP contribution in [0, 0.1) is 13.8 Å². The Morgan fingerprint density at radius 2 is 1.86 bits per heavy atom. The van der Waals surface area contributed by atoms with Crippen LogP contribution < -0.4 is 5.32 Å². The number of aliphatic hydroxyl groups is 1. The molecule has 1 unspecified atom stereocenters. The summed E-state index contributed by atoms with van der Waals surface area (Å²) in [5, 5.41) is 22.0. The molecule has 0 amide bonds. The van der Waals surface area contributed by atoms with Crippen LogP contribution in [-0.4, -0.2) is 34.8 Å². The van der Waals surface area contributed by atoms with E-state index in [-0.39, 0.29) is 0 Å². The van der Waals surface area contributed by atoms with E-state index < -0.39 is 6.10 Å². The van der Waals surface area contributed by atoms with Crippen molar-refractivity contribution in [3.8, 4) is 17.1 Å². The van der Waals surface area contributed by atoms with E-state index in [2.05, 4.69) is 38.5 Å². The molecule has 0 aliphatic rings. The van der Waals surface area contributed by atoms with Gasteiger partial charge in [-0.1, -0.05) is 13.0 Å². The molecule has 5 rings (SSSR count). The van der Waals surface area contributed by atoms with Gasteiger partial charge in [0.1, 0.15) is 12.1 Å². The minimum absolute atomic E-state index is 0.651. The highest BCUT2D eigenvalue weighted by molar-refractivity contribution is 5.82. The van der Waals surface area contributed by atoms with Crippen LogP contribution in [0.15, 0.2) is 61.1 Å². The van der Waals surface area contributed by atoms with E-state index in [1.807, 2.05) is 67.1 Å². The molecule has 5 aromatic rings. The molecule has 0 radical (unpaired) electrons. The van der Waals surface area contributed by atoms with Crippen LogP contribution in [0.5, 0.6) is 0 Å². The van der Waals surface area contributed by atoms with Gasteiger partial charge in [-0.05, 0) is 75.2 Å². The summed E-state index contributed by atoms with van der Waals surface area (Å²) in [4.78, 5) is 14.1. The first-order chi connectivity index (χ1) is 16.9. The van der Waals surface area contributed by atoms with Gasteiger partial charge in [0.2, 0.25) is 0 Å². The number of fused-ring (bicyclic) bond motifs is 1. The van der Waals surface area contributed by atoms with E-state index in [0.29, 0.717) is 5.82 Å². The minimum Gasteiger partial charge on any atom is -0.389 e. The fourth-order valence-corrected chi connectivity index (χ4v) is 4.05. The molecule has 0 saturated heterocycles. The van der Waals surface area contributed by atoms with Crippen LogP contribution in [0.4, 0.5) is 11.5 Å². The molecule has 0 saturated carbocycles. The second-order valence-corrected chi connectivity index (χ2v) is 8.63. The maximum absolute atomic E-state index is 10.5. The highest BCUT2D eigenvalue weighted by Crippen LogP contribution is 2.31. The fraction of sp³-hybridized carbons (Fsp3) is 0.222. The van der Waals surface area contributed by atoms with Crippen LogP contribution in [0.2, 0.25) is 0 Å². The Hall–Kier alpha value is -4.17. The molecule has 0 aliphatic heterocycles. The Balaban J connectivity index is 1.55. The lowest BCUT2D eigenvalue weighted by Crippen LogP contribution is -2.04. The van der Waals surface area contributed by atoms with Gasteiger partial charge in [0.05, 0.1) is 28.5 Å². The molecule has 0 aliphatic carbocycles. The number of hydrogen-bond donors (Lipinski definition) is 2. The second-order valence-electron chi connectivity index (χ2n) is 8.63. The van der Waals surface area contributed by atoms with Crippen molar-refractivity contribution in [3.05, 3.63) is 83.6 Å². The Labute approximate surface area is 203 Å². The van der Waals surface area contributed by atoms with Crippen molar-refractivity contribution >= 4 is 22.5 Å². The molecule has 0 spiro atoms. The maximum atomic E-state index is 10.5. The summed E-state index contributed by atoms with van der Waals surface area (Å²) in [5.74, 6) is 1.40. The predicted molar refractivity (Wildman–Crippen MR) is 137 cm³/mol. The van der Waals surface area contributed by atoms with Gasteiger partial charge in [-0.25, -0.2) is 9.97 Å². The third-order valence-electron chi connectivity index (χ3n) is 6.00. The summed E-state index contributed by atoms with van der Waals surface area (Å²) >= 11 is 0. The van der Waals surface area contributed by atoms with Gasteiger partial charge in [-0.15, -0.1) is 5.10 Å². The van der Waals surface area contributed by atoms with Gasteiger partial charge in [0, 0.05) is 28.7 Å². The molecule has 4 aromatic heterocycles. The van der Waals surface area contributed by atoms with Crippen LogP contribution in [0.1, 0.15) is 42.5 Å². The van der Waals surface area contributed by atoms with Gasteiger partial charge in [-0.3, -0.25) is 9.55 Å². The van der Waals surface area contributed by atoms with Gasteiger partial charge >= 0.3 is 0 Å². The SMILES string of the molecule is CCc1cc(-c2nc(-n3cnc4cc(Nc5ccc(C)nn5)ccc43)ccc2C(C)O)c(C)cn1. The standard InChI is InChI=1S/C27H27N7O/c1-5-19-12-22(16(2)14-28-19)27-21(18(4)35)8-11-26(31-27)34-15-29-23-13-20(7-9-24(23)34)30-25-10-6-17(3)32-33-25/h6-15,18,35H,5H2,1-4H3,(H,30,33). The van der Waals surface area contributed by atoms with Crippen molar-refractivity contribution in [1.29, 1.82) is 0 Å². The Bertz CT molecular complexity index is 1510. The number of anilines is 2. The first kappa shape index (κ1) is 22.6. The summed E-state index contributed by atoms with van der Waals surface area (Å²) in [5.41, 5.74) is 8.00. The first-order valence-corrected chi connectivity index (χ1v) is 11.6. The van der Waals surface area contributed by atoms with Crippen molar-refractivity contribution in [2.75, 3.05) is 5.32 Å². The zero-order valence-corrected chi connectivity index (χ0v) is 20.2. The summed E-state index contributed by atoms with van der Waals surface area (Å²) in [6.07, 6.45) is 3.81. The summed E-state index contributed by atoms with van der Waals surface area (Å²) < 4.78 is 1.96. The highest BCUT2D eigenvalue weighted by atomic mass is 16.3. The van der Waals surface area contributed by atoms with Gasteiger partial charge in [0.15, 0.2) is 5.82 Å². The monoisotopic (exact) mass is 465 g/mol. The first-order valence-electron chi connectivity index (χ1n) is 11.6. The molecule has 1 atom stereocenters. The molecule has 2 N–H and O–H groups in total. The number of pyridine rings is 2. The number of nitrogens with one attached hydrogen (secondary N) is 1. The topological polar surface area (TPSA) is 102 Å². The smallest absolute Gasteiger partial charge is 0.153 e. The van der Waals surface area contributed by atoms with Crippen molar-refractivity contribution in [2.45, 2.75) is 40.2 Å². The number of aryl methyl sites for hydroxylation is 3. The third kappa shape index (κ3) is 4.48. The van der Waals surface area contributed by atoms with Crippen molar-refractivity contribution in [3.63, 3.8) is 0 Å². The number of hydrogen-bond acceptors (Lipinski definition) is 7. The molecule has 0 fully saturated rings. The van der Waals surface area contributed by atoms with Gasteiger partial charge in [-0.2, -0.15) is 5.10 Å². The minimum atomic E-state index is -0.651. The normalized spacial score (nSPS) is 12.1. The number of aliphatic hydroxyl groups excluding tert-OH is 1. The number of nitrogens with zero attached hydrogens (tertiary/aromatic N) is 6. The lowest BCUT2D eigenvalue weighted by atomic mass is 9.99. The van der Waals surface area contributed by atoms with E-state index in [9.17, 15) is 5.11 Å². The molecule has 35 heavy (non-hydrogen) atoms. The molecule has 1 aromatic carbocycles. The summed E-state index contributed by atoms with van der Waals surface area (Å²) in [6.45, 7) is 7.76. The van der Waals surface area contributed by atoms with E-state index in [0.717, 1.165) is 62.7 Å². The van der Waals surface area contributed by atoms with Crippen molar-refractivity contribution < 1.29 is 5.11 Å². The number of aromatic nitrogens is 6. The zero-order chi connectivity index (χ0) is 24.5. The zero-order valence-electron chi connectivity index (χ0n) is 20.2. The maximum Gasteiger partial charge on any atom is 0.153 e. The average Bonchev–Trinajstić information content (AvgIpc) is 3.28. The van der Waals surface area contributed by atoms with Crippen LogP contribution >= 0.6 is 0 Å². The number of imidazole rings is 1. The lowest BCUT2D eigenvalue weighted by molar-refractivity contribution is 0.199. The van der Waals surface area contributed by atoms with Crippen LogP contribution in [0.3, 0.4) is 0 Å². The highest BCUT2D eigenvalue weighted by Gasteiger charge is 2.17. The third-order valence-corrected chi connectivity index (χ3v) is 6.00. The van der Waals surface area contributed by atoms with E-state index in [1.54, 1.807) is 13.3 Å². The van der Waals surface area contributed by atoms with E-state index in [4.69, 9.17) is 4.98 Å². The summed E-state index contributed by atoms with van der Waals surface area (Å²) in [7, 11) is 0. The average molecular weight is 466 g/mol. The number of benzene rings is 1. The summed E-state index contributed by atoms with van der Waals surface area (Å²) in [6, 6.07) is 15.7. The lowest BCUT2D eigenvalue weighted by Gasteiger charge is -2.16. The van der Waals surface area contributed by atoms with Gasteiger partial charge < -0.3 is 10.4 Å². The molecule has 8 heteroatoms. The Kier molecular flexibility index (Phi) is 5.96. The Morgan fingerprint density at radius 1 is 1.00 bits per heavy atom. The molecule has 4 heterocycles. The largest absolute Gasteiger partial charge is 0.389 e. The van der Waals surface area contributed by atoms with Crippen molar-refractivity contribution in [1.82, 2.24) is 29.7 Å². The van der Waals surface area contributed by atoms with Crippen LogP contribution in [-0.2, 0) is 6.42 Å². The molecular formula is C27H27N7O. The van der Waals surface area contributed by atoms with Crippen molar-refractivity contribution in [2.24, 2.45) is 0 Å². The quantitative estimate of drug-likeness (QED) is 0.353. The van der Waals surface area contributed by atoms with Crippen LogP contribution in [0.25, 0.3) is 28.1 Å². The van der Waals surface area contributed by atoms with E-state index in [1.165, 1.54) is 0 Å². The Morgan fingerprint density at radius 3 is 2.60 bits per heavy atom. The molecule has 176 valence electrons. The van der Waals surface area contributed by atoms with E-state index >= 15 is 0 Å². The second kappa shape index (κ2) is 9.23. The predicted octanol–water partition coefficient (Wildman–Crippen LogP) is 5.25. The fourth-order valence-electron chi connectivity index (χ4n) is 4.05. The molecular weight excluding hydrogens is 438 g/mol. The molecule has 0 bridgehead atoms.